The second-order valence-electron chi connectivity index (χ2n) is 5.28. The summed E-state index contributed by atoms with van der Waals surface area (Å²) in [6.07, 6.45) is 1.06. The van der Waals surface area contributed by atoms with E-state index >= 15 is 0 Å². The van der Waals surface area contributed by atoms with E-state index in [1.165, 1.54) is 0 Å². The molecule has 19 heavy (non-hydrogen) atoms. The Morgan fingerprint density at radius 1 is 1.37 bits per heavy atom. The van der Waals surface area contributed by atoms with Crippen molar-refractivity contribution in [2.24, 2.45) is 5.92 Å². The predicted molar refractivity (Wildman–Crippen MR) is 80.7 cm³/mol. The van der Waals surface area contributed by atoms with Crippen LogP contribution in [0.4, 0.5) is 4.39 Å². The van der Waals surface area contributed by atoms with Crippen molar-refractivity contribution in [2.45, 2.75) is 26.3 Å². The third-order valence-electron chi connectivity index (χ3n) is 4.00. The Morgan fingerprint density at radius 2 is 2.05 bits per heavy atom. The van der Waals surface area contributed by atoms with Gasteiger partial charge in [-0.2, -0.15) is 0 Å². The summed E-state index contributed by atoms with van der Waals surface area (Å²) >= 11 is 3.46. The van der Waals surface area contributed by atoms with Gasteiger partial charge in [0.1, 0.15) is 5.82 Å². The Labute approximate surface area is 123 Å². The zero-order valence-electron chi connectivity index (χ0n) is 11.6. The monoisotopic (exact) mass is 328 g/mol. The van der Waals surface area contributed by atoms with Crippen molar-refractivity contribution >= 4 is 15.9 Å². The minimum atomic E-state index is -0.0907. The quantitative estimate of drug-likeness (QED) is 0.908. The molecule has 1 fully saturated rings. The molecule has 4 heteroatoms. The molecule has 0 aliphatic carbocycles. The summed E-state index contributed by atoms with van der Waals surface area (Å²) in [5.74, 6) is 0.355. The van der Waals surface area contributed by atoms with Crippen LogP contribution in [0.5, 0.6) is 0 Å². The van der Waals surface area contributed by atoms with Crippen LogP contribution in [0.25, 0.3) is 0 Å². The molecule has 1 aromatic carbocycles. The van der Waals surface area contributed by atoms with E-state index in [2.05, 4.69) is 40.0 Å². The number of benzene rings is 1. The molecular weight excluding hydrogens is 307 g/mol. The lowest BCUT2D eigenvalue weighted by atomic mass is 9.90. The molecule has 1 saturated heterocycles. The van der Waals surface area contributed by atoms with Gasteiger partial charge in [-0.25, -0.2) is 4.39 Å². The van der Waals surface area contributed by atoms with E-state index in [0.29, 0.717) is 5.92 Å². The first-order valence-corrected chi connectivity index (χ1v) is 7.82. The number of halogens is 2. The largest absolute Gasteiger partial charge is 0.314 e. The van der Waals surface area contributed by atoms with E-state index in [1.54, 1.807) is 12.1 Å². The SMILES string of the molecule is CCC(C)[C@@H](c1cc(Br)ccc1F)N1CCNCC1. The van der Waals surface area contributed by atoms with Crippen molar-refractivity contribution in [1.82, 2.24) is 10.2 Å². The third-order valence-corrected chi connectivity index (χ3v) is 4.50. The fourth-order valence-corrected chi connectivity index (χ4v) is 3.17. The van der Waals surface area contributed by atoms with Gasteiger partial charge in [0.2, 0.25) is 0 Å². The molecule has 1 aromatic rings. The maximum absolute atomic E-state index is 14.2. The van der Waals surface area contributed by atoms with Gasteiger partial charge in [-0.05, 0) is 24.1 Å². The van der Waals surface area contributed by atoms with Crippen LogP contribution in [-0.4, -0.2) is 31.1 Å². The first-order valence-electron chi connectivity index (χ1n) is 7.03. The zero-order valence-corrected chi connectivity index (χ0v) is 13.2. The summed E-state index contributed by atoms with van der Waals surface area (Å²) < 4.78 is 15.2. The van der Waals surface area contributed by atoms with Gasteiger partial charge in [-0.15, -0.1) is 0 Å². The summed E-state index contributed by atoms with van der Waals surface area (Å²) in [6.45, 7) is 8.34. The number of nitrogens with zero attached hydrogens (tertiary/aromatic N) is 1. The van der Waals surface area contributed by atoms with Crippen molar-refractivity contribution in [1.29, 1.82) is 0 Å². The van der Waals surface area contributed by atoms with Gasteiger partial charge < -0.3 is 5.32 Å². The van der Waals surface area contributed by atoms with Crippen LogP contribution in [0.3, 0.4) is 0 Å². The Morgan fingerprint density at radius 3 is 2.68 bits per heavy atom. The van der Waals surface area contributed by atoms with E-state index in [9.17, 15) is 4.39 Å². The number of nitrogens with one attached hydrogen (secondary N) is 1. The smallest absolute Gasteiger partial charge is 0.128 e. The van der Waals surface area contributed by atoms with E-state index in [4.69, 9.17) is 0 Å². The summed E-state index contributed by atoms with van der Waals surface area (Å²) in [5, 5.41) is 3.36. The molecule has 1 aliphatic heterocycles. The highest BCUT2D eigenvalue weighted by molar-refractivity contribution is 9.10. The van der Waals surface area contributed by atoms with Gasteiger partial charge in [0, 0.05) is 42.3 Å². The molecule has 0 aromatic heterocycles. The molecular formula is C15H22BrFN2. The fraction of sp³-hybridized carbons (Fsp3) is 0.600. The van der Waals surface area contributed by atoms with Gasteiger partial charge in [0.25, 0.3) is 0 Å². The highest BCUT2D eigenvalue weighted by atomic mass is 79.9. The molecule has 0 radical (unpaired) electrons. The van der Waals surface area contributed by atoms with E-state index in [0.717, 1.165) is 42.6 Å². The first-order chi connectivity index (χ1) is 9.13. The average molecular weight is 329 g/mol. The lowest BCUT2D eigenvalue weighted by Gasteiger charge is -2.38. The van der Waals surface area contributed by atoms with Gasteiger partial charge in [0.15, 0.2) is 0 Å². The minimum absolute atomic E-state index is 0.0907. The van der Waals surface area contributed by atoms with Crippen molar-refractivity contribution in [3.05, 3.63) is 34.1 Å². The molecule has 106 valence electrons. The van der Waals surface area contributed by atoms with Crippen molar-refractivity contribution in [2.75, 3.05) is 26.2 Å². The number of hydrogen-bond acceptors (Lipinski definition) is 2. The number of rotatable bonds is 4. The second-order valence-corrected chi connectivity index (χ2v) is 6.20. The standard InChI is InChI=1S/C15H22BrFN2/c1-3-11(2)15(19-8-6-18-7-9-19)13-10-12(16)4-5-14(13)17/h4-5,10-11,15,18H,3,6-9H2,1-2H3/t11?,15-/m0/s1. The molecule has 2 nitrogen and oxygen atoms in total. The lowest BCUT2D eigenvalue weighted by molar-refractivity contribution is 0.125. The average Bonchev–Trinajstić information content (AvgIpc) is 2.44. The minimum Gasteiger partial charge on any atom is -0.314 e. The molecule has 2 atom stereocenters. The van der Waals surface area contributed by atoms with Crippen molar-refractivity contribution in [3.8, 4) is 0 Å². The van der Waals surface area contributed by atoms with Crippen LogP contribution in [0.15, 0.2) is 22.7 Å². The normalized spacial score (nSPS) is 20.2. The molecule has 1 N–H and O–H groups in total. The molecule has 0 amide bonds. The summed E-state index contributed by atoms with van der Waals surface area (Å²) in [5.41, 5.74) is 0.825. The Kier molecular flexibility index (Phi) is 5.37. The Balaban J connectivity index is 2.33. The summed E-state index contributed by atoms with van der Waals surface area (Å²) in [7, 11) is 0. The van der Waals surface area contributed by atoms with E-state index in [1.807, 2.05) is 6.07 Å². The second kappa shape index (κ2) is 6.82. The van der Waals surface area contributed by atoms with Crippen LogP contribution in [0.1, 0.15) is 31.9 Å². The van der Waals surface area contributed by atoms with Crippen molar-refractivity contribution in [3.63, 3.8) is 0 Å². The van der Waals surface area contributed by atoms with E-state index in [-0.39, 0.29) is 11.9 Å². The highest BCUT2D eigenvalue weighted by Gasteiger charge is 2.28. The van der Waals surface area contributed by atoms with Crippen LogP contribution in [0, 0.1) is 11.7 Å². The Bertz CT molecular complexity index is 419. The van der Waals surface area contributed by atoms with Gasteiger partial charge in [-0.3, -0.25) is 4.90 Å². The molecule has 2 rings (SSSR count). The molecule has 0 saturated carbocycles. The first kappa shape index (κ1) is 14.9. The zero-order chi connectivity index (χ0) is 13.8. The highest BCUT2D eigenvalue weighted by Crippen LogP contribution is 2.33. The fourth-order valence-electron chi connectivity index (χ4n) is 2.79. The van der Waals surface area contributed by atoms with Gasteiger partial charge in [0.05, 0.1) is 0 Å². The topological polar surface area (TPSA) is 15.3 Å². The molecule has 1 heterocycles. The van der Waals surface area contributed by atoms with Crippen molar-refractivity contribution < 1.29 is 4.39 Å². The molecule has 0 bridgehead atoms. The predicted octanol–water partition coefficient (Wildman–Crippen LogP) is 3.58. The maximum Gasteiger partial charge on any atom is 0.128 e. The number of hydrogen-bond donors (Lipinski definition) is 1. The number of piperazine rings is 1. The maximum atomic E-state index is 14.2. The molecule has 1 aliphatic rings. The lowest BCUT2D eigenvalue weighted by Crippen LogP contribution is -2.46. The van der Waals surface area contributed by atoms with Crippen LogP contribution >= 0.6 is 15.9 Å². The Hall–Kier alpha value is -0.450. The summed E-state index contributed by atoms with van der Waals surface area (Å²) in [6, 6.07) is 5.44. The molecule has 0 spiro atoms. The van der Waals surface area contributed by atoms with Gasteiger partial charge in [-0.1, -0.05) is 36.2 Å². The third kappa shape index (κ3) is 3.56. The molecule has 1 unspecified atom stereocenters. The van der Waals surface area contributed by atoms with E-state index < -0.39 is 0 Å². The van der Waals surface area contributed by atoms with Crippen LogP contribution < -0.4 is 5.32 Å². The van der Waals surface area contributed by atoms with Crippen LogP contribution in [-0.2, 0) is 0 Å². The summed E-state index contributed by atoms with van der Waals surface area (Å²) in [4.78, 5) is 2.41. The van der Waals surface area contributed by atoms with Gasteiger partial charge >= 0.3 is 0 Å². The van der Waals surface area contributed by atoms with Crippen LogP contribution in [0.2, 0.25) is 0 Å².